The smallest absolute Gasteiger partial charge is 0.265 e. The second kappa shape index (κ2) is 7.41. The molecule has 1 aliphatic heterocycles. The van der Waals surface area contributed by atoms with Crippen molar-refractivity contribution < 1.29 is 9.59 Å². The van der Waals surface area contributed by atoms with Gasteiger partial charge >= 0.3 is 0 Å². The van der Waals surface area contributed by atoms with E-state index in [1.807, 2.05) is 38.2 Å². The van der Waals surface area contributed by atoms with Gasteiger partial charge in [0.05, 0.1) is 0 Å². The number of rotatable bonds is 5. The van der Waals surface area contributed by atoms with Gasteiger partial charge in [0.25, 0.3) is 11.8 Å². The highest BCUT2D eigenvalue weighted by Gasteiger charge is 2.35. The lowest BCUT2D eigenvalue weighted by atomic mass is 10.1. The molecule has 1 fully saturated rings. The van der Waals surface area contributed by atoms with Gasteiger partial charge in [0, 0.05) is 35.2 Å². The number of fused-ring (bicyclic) bond motifs is 1. The molecule has 0 aliphatic carbocycles. The predicted molar refractivity (Wildman–Crippen MR) is 108 cm³/mol. The molecular weight excluding hydrogens is 346 g/mol. The third kappa shape index (κ3) is 3.17. The first-order valence-corrected chi connectivity index (χ1v) is 9.37. The first kappa shape index (κ1) is 18.3. The fourth-order valence-corrected chi connectivity index (χ4v) is 3.58. The van der Waals surface area contributed by atoms with Crippen LogP contribution < -0.4 is 5.32 Å². The van der Waals surface area contributed by atoms with E-state index in [1.54, 1.807) is 6.08 Å². The highest BCUT2D eigenvalue weighted by molar-refractivity contribution is 7.80. The number of aryl methyl sites for hydroxylation is 1. The zero-order chi connectivity index (χ0) is 18.8. The summed E-state index contributed by atoms with van der Waals surface area (Å²) in [5, 5.41) is 3.85. The maximum atomic E-state index is 12.9. The number of carbonyl (C=O) groups excluding carboxylic acids is 2. The van der Waals surface area contributed by atoms with Gasteiger partial charge in [0.15, 0.2) is 5.11 Å². The van der Waals surface area contributed by atoms with Gasteiger partial charge in [-0.3, -0.25) is 19.8 Å². The van der Waals surface area contributed by atoms with E-state index in [1.165, 1.54) is 4.90 Å². The van der Waals surface area contributed by atoms with Crippen LogP contribution >= 0.6 is 12.2 Å². The van der Waals surface area contributed by atoms with Crippen LogP contribution in [0.25, 0.3) is 17.0 Å². The van der Waals surface area contributed by atoms with Crippen molar-refractivity contribution in [3.63, 3.8) is 0 Å². The van der Waals surface area contributed by atoms with E-state index in [9.17, 15) is 9.59 Å². The van der Waals surface area contributed by atoms with E-state index in [4.69, 9.17) is 12.2 Å². The summed E-state index contributed by atoms with van der Waals surface area (Å²) >= 11 is 5.20. The van der Waals surface area contributed by atoms with Crippen molar-refractivity contribution in [2.24, 2.45) is 0 Å². The van der Waals surface area contributed by atoms with Crippen molar-refractivity contribution in [3.05, 3.63) is 41.6 Å². The summed E-state index contributed by atoms with van der Waals surface area (Å²) in [5.74, 6) is -0.771. The number of nitrogens with one attached hydrogen (secondary N) is 1. The number of hydrogen-bond donors (Lipinski definition) is 1. The van der Waals surface area contributed by atoms with Gasteiger partial charge in [-0.1, -0.05) is 32.0 Å². The number of benzene rings is 1. The molecule has 2 heterocycles. The fourth-order valence-electron chi connectivity index (χ4n) is 3.23. The number of para-hydroxylation sites is 1. The Hall–Kier alpha value is -2.47. The van der Waals surface area contributed by atoms with Crippen molar-refractivity contribution in [1.29, 1.82) is 0 Å². The number of thiocarbonyl (C=S) groups is 1. The van der Waals surface area contributed by atoms with E-state index < -0.39 is 5.91 Å². The molecule has 1 saturated heterocycles. The van der Waals surface area contributed by atoms with Crippen molar-refractivity contribution in [2.75, 3.05) is 0 Å². The molecule has 1 aliphatic rings. The standard InChI is InChI=1S/C20H23N3O2S/c1-4-10-22-12-14(15-8-6-7-9-17(15)22)11-16-18(24)21-20(26)23(19(16)25)13(3)5-2/h6-9,11-13H,4-5,10H2,1-3H3,(H,21,24,26)/b16-11+/t13-/m1/s1. The van der Waals surface area contributed by atoms with Crippen molar-refractivity contribution >= 4 is 46.1 Å². The maximum Gasteiger partial charge on any atom is 0.265 e. The summed E-state index contributed by atoms with van der Waals surface area (Å²) < 4.78 is 2.16. The summed E-state index contributed by atoms with van der Waals surface area (Å²) in [6, 6.07) is 7.95. The average molecular weight is 369 g/mol. The van der Waals surface area contributed by atoms with E-state index in [-0.39, 0.29) is 22.6 Å². The number of carbonyl (C=O) groups is 2. The molecule has 6 heteroatoms. The average Bonchev–Trinajstić information content (AvgIpc) is 2.96. The largest absolute Gasteiger partial charge is 0.347 e. The van der Waals surface area contributed by atoms with Crippen LogP contribution in [0, 0.1) is 0 Å². The highest BCUT2D eigenvalue weighted by Crippen LogP contribution is 2.25. The van der Waals surface area contributed by atoms with Gasteiger partial charge in [-0.05, 0) is 44.1 Å². The summed E-state index contributed by atoms with van der Waals surface area (Å²) in [6.07, 6.45) is 5.44. The van der Waals surface area contributed by atoms with Crippen LogP contribution in [-0.2, 0) is 16.1 Å². The monoisotopic (exact) mass is 369 g/mol. The number of amides is 2. The minimum atomic E-state index is -0.438. The molecule has 2 amide bonds. The van der Waals surface area contributed by atoms with E-state index in [0.717, 1.165) is 35.9 Å². The molecule has 0 saturated carbocycles. The van der Waals surface area contributed by atoms with E-state index in [2.05, 4.69) is 22.9 Å². The number of aromatic nitrogens is 1. The Balaban J connectivity index is 2.08. The quantitative estimate of drug-likeness (QED) is 0.499. The van der Waals surface area contributed by atoms with Crippen molar-refractivity contribution in [1.82, 2.24) is 14.8 Å². The molecule has 1 aromatic carbocycles. The van der Waals surface area contributed by atoms with Gasteiger partial charge < -0.3 is 4.57 Å². The third-order valence-electron chi connectivity index (χ3n) is 4.75. The number of nitrogens with zero attached hydrogens (tertiary/aromatic N) is 2. The zero-order valence-electron chi connectivity index (χ0n) is 15.3. The Morgan fingerprint density at radius 2 is 1.96 bits per heavy atom. The van der Waals surface area contributed by atoms with Gasteiger partial charge in [-0.2, -0.15) is 0 Å². The summed E-state index contributed by atoms with van der Waals surface area (Å²) in [7, 11) is 0. The van der Waals surface area contributed by atoms with Crippen LogP contribution in [0.4, 0.5) is 0 Å². The van der Waals surface area contributed by atoms with Crippen molar-refractivity contribution in [2.45, 2.75) is 46.2 Å². The molecule has 0 radical (unpaired) electrons. The first-order chi connectivity index (χ1) is 12.5. The lowest BCUT2D eigenvalue weighted by Crippen LogP contribution is -2.56. The molecule has 0 spiro atoms. The van der Waals surface area contributed by atoms with Crippen LogP contribution in [-0.4, -0.2) is 32.4 Å². The van der Waals surface area contributed by atoms with Crippen LogP contribution in [0.2, 0.25) is 0 Å². The molecule has 26 heavy (non-hydrogen) atoms. The Labute approximate surface area is 158 Å². The van der Waals surface area contributed by atoms with Gasteiger partial charge in [0.1, 0.15) is 5.57 Å². The number of hydrogen-bond acceptors (Lipinski definition) is 3. The van der Waals surface area contributed by atoms with E-state index >= 15 is 0 Å². The molecular formula is C20H23N3O2S. The lowest BCUT2D eigenvalue weighted by Gasteiger charge is -2.33. The molecule has 0 bridgehead atoms. The van der Waals surface area contributed by atoms with Crippen LogP contribution in [0.5, 0.6) is 0 Å². The normalized spacial score (nSPS) is 17.9. The Morgan fingerprint density at radius 1 is 1.23 bits per heavy atom. The predicted octanol–water partition coefficient (Wildman–Crippen LogP) is 3.48. The summed E-state index contributed by atoms with van der Waals surface area (Å²) in [4.78, 5) is 26.8. The summed E-state index contributed by atoms with van der Waals surface area (Å²) in [5.41, 5.74) is 2.09. The molecule has 2 aromatic rings. The molecule has 1 aromatic heterocycles. The SMILES string of the molecule is CCCn1cc(/C=C2\C(=O)NC(=S)N([C@H](C)CC)C2=O)c2ccccc21. The molecule has 1 atom stereocenters. The van der Waals surface area contributed by atoms with Crippen LogP contribution in [0.1, 0.15) is 39.2 Å². The van der Waals surface area contributed by atoms with Gasteiger partial charge in [-0.15, -0.1) is 0 Å². The lowest BCUT2D eigenvalue weighted by molar-refractivity contribution is -0.130. The zero-order valence-corrected chi connectivity index (χ0v) is 16.1. The molecule has 1 N–H and O–H groups in total. The molecule has 5 nitrogen and oxygen atoms in total. The van der Waals surface area contributed by atoms with Crippen LogP contribution in [0.3, 0.4) is 0 Å². The molecule has 3 rings (SSSR count). The second-order valence-corrected chi connectivity index (χ2v) is 6.93. The fraction of sp³-hybridized carbons (Fsp3) is 0.350. The van der Waals surface area contributed by atoms with Crippen LogP contribution in [0.15, 0.2) is 36.0 Å². The van der Waals surface area contributed by atoms with E-state index in [0.29, 0.717) is 0 Å². The van der Waals surface area contributed by atoms with Gasteiger partial charge in [0.2, 0.25) is 0 Å². The topological polar surface area (TPSA) is 54.3 Å². The Bertz CT molecular complexity index is 913. The maximum absolute atomic E-state index is 12.9. The summed E-state index contributed by atoms with van der Waals surface area (Å²) in [6.45, 7) is 6.91. The third-order valence-corrected chi connectivity index (χ3v) is 5.05. The van der Waals surface area contributed by atoms with Crippen molar-refractivity contribution in [3.8, 4) is 0 Å². The first-order valence-electron chi connectivity index (χ1n) is 8.96. The Kier molecular flexibility index (Phi) is 5.23. The second-order valence-electron chi connectivity index (χ2n) is 6.54. The van der Waals surface area contributed by atoms with Gasteiger partial charge in [-0.25, -0.2) is 0 Å². The minimum absolute atomic E-state index is 0.0690. The molecule has 136 valence electrons. The molecule has 0 unspecified atom stereocenters. The minimum Gasteiger partial charge on any atom is -0.347 e. The highest BCUT2D eigenvalue weighted by atomic mass is 32.1. The Morgan fingerprint density at radius 3 is 2.65 bits per heavy atom.